The van der Waals surface area contributed by atoms with Gasteiger partial charge in [0.05, 0.1) is 30.0 Å². The van der Waals surface area contributed by atoms with Crippen LogP contribution in [0.2, 0.25) is 5.02 Å². The van der Waals surface area contributed by atoms with Crippen molar-refractivity contribution in [1.82, 2.24) is 4.68 Å². The van der Waals surface area contributed by atoms with Gasteiger partial charge in [0.15, 0.2) is 25.1 Å². The van der Waals surface area contributed by atoms with Gasteiger partial charge in [0.25, 0.3) is 0 Å². The summed E-state index contributed by atoms with van der Waals surface area (Å²) in [6.07, 6.45) is 7.83. The third kappa shape index (κ3) is 8.11. The molecule has 2 aromatic heterocycles. The summed E-state index contributed by atoms with van der Waals surface area (Å²) < 4.78 is 5.83. The third-order valence-electron chi connectivity index (χ3n) is 5.89. The van der Waals surface area contributed by atoms with Gasteiger partial charge in [-0.25, -0.2) is 4.57 Å². The Morgan fingerprint density at radius 1 is 0.900 bits per heavy atom. The first-order valence-corrected chi connectivity index (χ1v) is 12.3. The number of aromatic nitrogens is 3. The number of fused-ring (bicyclic) bond motifs is 1. The number of para-hydroxylation sites is 1. The molecule has 5 aromatic rings. The first-order valence-electron chi connectivity index (χ1n) is 11.9. The van der Waals surface area contributed by atoms with E-state index in [0.717, 1.165) is 22.2 Å². The van der Waals surface area contributed by atoms with Crippen LogP contribution in [-0.4, -0.2) is 23.1 Å². The van der Waals surface area contributed by atoms with E-state index in [-0.39, 0.29) is 25.6 Å². The molecule has 0 amide bonds. The largest absolute Gasteiger partial charge is 1.00 e. The van der Waals surface area contributed by atoms with E-state index in [0.29, 0.717) is 16.4 Å². The van der Waals surface area contributed by atoms with E-state index in [4.69, 9.17) is 11.6 Å². The molecule has 208 valence electrons. The number of azo groups is 1. The Hall–Kier alpha value is -4.27. The minimum atomic E-state index is 0. The van der Waals surface area contributed by atoms with Crippen LogP contribution in [0.3, 0.4) is 0 Å². The van der Waals surface area contributed by atoms with Crippen molar-refractivity contribution in [2.75, 3.05) is 12.1 Å². The Kier molecular flexibility index (Phi) is 11.8. The van der Waals surface area contributed by atoms with Gasteiger partial charge in [-0.05, 0) is 48.5 Å². The average molecular weight is 580 g/mol. The lowest BCUT2D eigenvalue weighted by Gasteiger charge is -2.11. The first-order chi connectivity index (χ1) is 18.3. The number of aromatic hydroxyl groups is 1. The Balaban J connectivity index is 0.000000272. The number of phenolic OH excluding ortho intramolecular Hbond substituents is 1. The average Bonchev–Trinajstić information content (AvgIpc) is 3.22. The van der Waals surface area contributed by atoms with Crippen molar-refractivity contribution in [3.8, 4) is 5.75 Å². The van der Waals surface area contributed by atoms with Crippen LogP contribution in [0, 0.1) is 0 Å². The molecule has 3 aromatic carbocycles. The summed E-state index contributed by atoms with van der Waals surface area (Å²) >= 11 is 5.84. The molecular weight excluding hydrogens is 545 g/mol. The van der Waals surface area contributed by atoms with Crippen LogP contribution < -0.4 is 26.7 Å². The lowest BCUT2D eigenvalue weighted by molar-refractivity contribution is -0.748. The molecule has 0 saturated heterocycles. The van der Waals surface area contributed by atoms with Crippen LogP contribution in [-0.2, 0) is 21.1 Å². The monoisotopic (exact) mass is 578 g/mol. The number of rotatable bonds is 5. The maximum Gasteiger partial charge on any atom is 0.203 e. The Labute approximate surface area is 246 Å². The lowest BCUT2D eigenvalue weighted by atomic mass is 10.2. The van der Waals surface area contributed by atoms with Crippen molar-refractivity contribution in [1.29, 1.82) is 0 Å². The number of pyridine rings is 1. The van der Waals surface area contributed by atoms with Gasteiger partial charge in [0, 0.05) is 29.8 Å². The van der Waals surface area contributed by atoms with E-state index in [2.05, 4.69) is 15.3 Å². The number of benzene rings is 3. The van der Waals surface area contributed by atoms with E-state index in [1.807, 2.05) is 120 Å². The molecule has 0 aliphatic rings. The summed E-state index contributed by atoms with van der Waals surface area (Å²) in [6, 6.07) is 24.6. The van der Waals surface area contributed by atoms with Gasteiger partial charge in [-0.1, -0.05) is 37.2 Å². The Bertz CT molecular complexity index is 1570. The summed E-state index contributed by atoms with van der Waals surface area (Å²) in [5.41, 5.74) is 4.12. The van der Waals surface area contributed by atoms with E-state index >= 15 is 0 Å². The van der Waals surface area contributed by atoms with Gasteiger partial charge >= 0.3 is 0 Å². The minimum Gasteiger partial charge on any atom is -1.00 e. The van der Waals surface area contributed by atoms with Crippen molar-refractivity contribution in [2.45, 2.75) is 7.43 Å². The molecule has 8 nitrogen and oxygen atoms in total. The molecule has 0 saturated carbocycles. The summed E-state index contributed by atoms with van der Waals surface area (Å²) in [6.45, 7) is 0. The summed E-state index contributed by atoms with van der Waals surface area (Å²) in [7, 11) is 7.77. The standard InChI is InChI=1S/C15H13ClN4O.C14H16N3.CH4.ClH/c1-19-9-10-3-8-13(21)14(15(10)20(19)2)18-17-12-6-4-11(16)5-7-12;1-16-10-8-13(9-11-16)12-15-17(2)14-6-4-3-5-7-14;;/h3-9H,1-2H3;3-12H,1-2H3;1H4;1H/q;+1;;. The number of aryl methyl sites for hydroxylation is 3. The zero-order chi connectivity index (χ0) is 27.1. The second-order valence-electron chi connectivity index (χ2n) is 8.67. The highest BCUT2D eigenvalue weighted by atomic mass is 35.5. The van der Waals surface area contributed by atoms with E-state index in [1.54, 1.807) is 30.3 Å². The molecular formula is C30H34Cl2N7O+. The molecule has 0 aliphatic carbocycles. The van der Waals surface area contributed by atoms with Crippen LogP contribution >= 0.6 is 11.6 Å². The normalized spacial score (nSPS) is 10.6. The first kappa shape index (κ1) is 31.9. The quantitative estimate of drug-likeness (QED) is 0.150. The molecule has 40 heavy (non-hydrogen) atoms. The number of hydrogen-bond acceptors (Lipinski definition) is 5. The van der Waals surface area contributed by atoms with Crippen molar-refractivity contribution in [3.05, 3.63) is 108 Å². The topological polar surface area (TPSA) is 73.2 Å². The maximum atomic E-state index is 10.1. The number of anilines is 1. The fourth-order valence-corrected chi connectivity index (χ4v) is 3.78. The second-order valence-corrected chi connectivity index (χ2v) is 9.11. The van der Waals surface area contributed by atoms with Gasteiger partial charge in [-0.2, -0.15) is 14.9 Å². The van der Waals surface area contributed by atoms with Gasteiger partial charge < -0.3 is 17.5 Å². The molecule has 2 heterocycles. The summed E-state index contributed by atoms with van der Waals surface area (Å²) in [5, 5.41) is 26.3. The van der Waals surface area contributed by atoms with E-state index in [1.165, 1.54) is 0 Å². The van der Waals surface area contributed by atoms with Crippen LogP contribution in [0.15, 0.2) is 113 Å². The highest BCUT2D eigenvalue weighted by Gasteiger charge is 2.16. The van der Waals surface area contributed by atoms with Gasteiger partial charge in [0.1, 0.15) is 18.3 Å². The molecule has 0 aliphatic heterocycles. The highest BCUT2D eigenvalue weighted by molar-refractivity contribution is 6.30. The number of phenols is 1. The number of halogens is 2. The number of nitrogens with zero attached hydrogens (tertiary/aromatic N) is 7. The van der Waals surface area contributed by atoms with Crippen molar-refractivity contribution in [3.63, 3.8) is 0 Å². The van der Waals surface area contributed by atoms with Crippen LogP contribution in [0.1, 0.15) is 13.0 Å². The number of hydrogen-bond donors (Lipinski definition) is 1. The van der Waals surface area contributed by atoms with Crippen molar-refractivity contribution >= 4 is 45.8 Å². The molecule has 0 radical (unpaired) electrons. The van der Waals surface area contributed by atoms with Gasteiger partial charge in [-0.15, -0.1) is 9.80 Å². The molecule has 0 atom stereocenters. The lowest BCUT2D eigenvalue weighted by Crippen LogP contribution is -3.00. The predicted octanol–water partition coefficient (Wildman–Crippen LogP) is 3.40. The molecule has 0 bridgehead atoms. The van der Waals surface area contributed by atoms with Crippen LogP contribution in [0.4, 0.5) is 17.1 Å². The minimum absolute atomic E-state index is 0. The Morgan fingerprint density at radius 2 is 1.55 bits per heavy atom. The molecule has 0 fully saturated rings. The Morgan fingerprint density at radius 3 is 2.20 bits per heavy atom. The molecule has 10 heteroatoms. The fourth-order valence-electron chi connectivity index (χ4n) is 3.65. The zero-order valence-electron chi connectivity index (χ0n) is 22.1. The third-order valence-corrected chi connectivity index (χ3v) is 6.14. The molecule has 0 spiro atoms. The SMILES string of the molecule is C.CN(N=Cc1cc[n+](C)cc1)c1ccccc1.Cn1c2c(N=Nc3ccc(Cl)cc3)c(O)ccc2c[n+]1C.[Cl-]. The molecule has 0 unspecified atom stereocenters. The molecule has 5 rings (SSSR count). The van der Waals surface area contributed by atoms with E-state index in [9.17, 15) is 5.11 Å². The van der Waals surface area contributed by atoms with Crippen molar-refractivity contribution in [2.24, 2.45) is 36.5 Å². The van der Waals surface area contributed by atoms with Crippen LogP contribution in [0.25, 0.3) is 10.9 Å². The fraction of sp³-hybridized carbons (Fsp3) is 0.167. The second kappa shape index (κ2) is 14.8. The summed E-state index contributed by atoms with van der Waals surface area (Å²) in [4.78, 5) is 0. The zero-order valence-corrected chi connectivity index (χ0v) is 23.7. The number of hydrazone groups is 1. The van der Waals surface area contributed by atoms with E-state index < -0.39 is 0 Å². The smallest absolute Gasteiger partial charge is 0.203 e. The van der Waals surface area contributed by atoms with Crippen LogP contribution in [0.5, 0.6) is 5.75 Å². The molecule has 1 N–H and O–H groups in total. The van der Waals surface area contributed by atoms with Gasteiger partial charge in [0.2, 0.25) is 6.20 Å². The maximum absolute atomic E-state index is 10.1. The van der Waals surface area contributed by atoms with Crippen molar-refractivity contribution < 1.29 is 26.8 Å². The van der Waals surface area contributed by atoms with Gasteiger partial charge in [-0.3, -0.25) is 5.01 Å². The predicted molar refractivity (Wildman–Crippen MR) is 158 cm³/mol. The highest BCUT2D eigenvalue weighted by Crippen LogP contribution is 2.35. The summed E-state index contributed by atoms with van der Waals surface area (Å²) in [5.74, 6) is 0.0991.